The minimum absolute atomic E-state index is 0.0665. The van der Waals surface area contributed by atoms with Gasteiger partial charge in [0, 0.05) is 25.8 Å². The number of para-hydroxylation sites is 2. The molecule has 0 aliphatic rings. The first-order valence-corrected chi connectivity index (χ1v) is 8.33. The van der Waals surface area contributed by atoms with E-state index in [4.69, 9.17) is 4.74 Å². The van der Waals surface area contributed by atoms with Crippen molar-refractivity contribution in [3.8, 4) is 5.75 Å². The van der Waals surface area contributed by atoms with Crippen LogP contribution in [0.25, 0.3) is 6.08 Å². The molecule has 0 aliphatic carbocycles. The zero-order chi connectivity index (χ0) is 18.2. The number of nitrogens with zero attached hydrogens (tertiary/aromatic N) is 2. The van der Waals surface area contributed by atoms with Crippen molar-refractivity contribution in [1.82, 2.24) is 4.90 Å². The number of methoxy groups -OCH3 is 1. The number of anilines is 1. The SMILES string of the molecule is COc1ccccc1C(=O)C=Cc1ccccc1N(C)CCN(C)C. The van der Waals surface area contributed by atoms with Gasteiger partial charge in [-0.2, -0.15) is 0 Å². The monoisotopic (exact) mass is 338 g/mol. The molecule has 0 N–H and O–H groups in total. The van der Waals surface area contributed by atoms with Crippen LogP contribution in [0, 0.1) is 0 Å². The zero-order valence-corrected chi connectivity index (χ0v) is 15.4. The van der Waals surface area contributed by atoms with E-state index in [1.165, 1.54) is 0 Å². The minimum atomic E-state index is -0.0665. The molecule has 0 radical (unpaired) electrons. The molecule has 0 atom stereocenters. The quantitative estimate of drug-likeness (QED) is 0.544. The number of hydrogen-bond donors (Lipinski definition) is 0. The molecule has 0 aliphatic heterocycles. The second-order valence-electron chi connectivity index (χ2n) is 6.18. The Morgan fingerprint density at radius 2 is 1.68 bits per heavy atom. The van der Waals surface area contributed by atoms with Crippen molar-refractivity contribution >= 4 is 17.5 Å². The van der Waals surface area contributed by atoms with Crippen molar-refractivity contribution < 1.29 is 9.53 Å². The molecule has 2 aromatic carbocycles. The van der Waals surface area contributed by atoms with Crippen LogP contribution in [0.5, 0.6) is 5.75 Å². The number of likely N-dealkylation sites (N-methyl/N-ethyl adjacent to an activating group) is 2. The average Bonchev–Trinajstić information content (AvgIpc) is 2.64. The molecule has 4 nitrogen and oxygen atoms in total. The van der Waals surface area contributed by atoms with Gasteiger partial charge in [-0.15, -0.1) is 0 Å². The van der Waals surface area contributed by atoms with Gasteiger partial charge in [0.25, 0.3) is 0 Å². The number of carbonyl (C=O) groups is 1. The number of allylic oxidation sites excluding steroid dienone is 1. The third kappa shape index (κ3) is 5.19. The summed E-state index contributed by atoms with van der Waals surface area (Å²) in [5, 5.41) is 0. The highest BCUT2D eigenvalue weighted by molar-refractivity contribution is 6.08. The van der Waals surface area contributed by atoms with Crippen molar-refractivity contribution in [1.29, 1.82) is 0 Å². The summed E-state index contributed by atoms with van der Waals surface area (Å²) in [7, 11) is 7.76. The van der Waals surface area contributed by atoms with E-state index in [1.807, 2.05) is 36.4 Å². The highest BCUT2D eigenvalue weighted by Crippen LogP contribution is 2.22. The molecular weight excluding hydrogens is 312 g/mol. The Morgan fingerprint density at radius 1 is 1.00 bits per heavy atom. The van der Waals surface area contributed by atoms with Crippen LogP contribution < -0.4 is 9.64 Å². The van der Waals surface area contributed by atoms with Crippen molar-refractivity contribution in [3.63, 3.8) is 0 Å². The number of ether oxygens (including phenoxy) is 1. The Morgan fingerprint density at radius 3 is 2.40 bits per heavy atom. The van der Waals surface area contributed by atoms with Crippen LogP contribution >= 0.6 is 0 Å². The van der Waals surface area contributed by atoms with Gasteiger partial charge in [0.05, 0.1) is 12.7 Å². The van der Waals surface area contributed by atoms with Gasteiger partial charge < -0.3 is 14.5 Å². The summed E-state index contributed by atoms with van der Waals surface area (Å²) in [4.78, 5) is 16.9. The smallest absolute Gasteiger partial charge is 0.189 e. The summed E-state index contributed by atoms with van der Waals surface area (Å²) >= 11 is 0. The summed E-state index contributed by atoms with van der Waals surface area (Å²) in [5.41, 5.74) is 2.69. The van der Waals surface area contributed by atoms with Crippen LogP contribution in [0.3, 0.4) is 0 Å². The molecule has 2 rings (SSSR count). The first-order valence-electron chi connectivity index (χ1n) is 8.33. The Hall–Kier alpha value is -2.59. The standard InChI is InChI=1S/C21H26N2O2/c1-22(2)15-16-23(3)19-11-7-5-9-17(19)13-14-20(24)18-10-6-8-12-21(18)25-4/h5-14H,15-16H2,1-4H3. The highest BCUT2D eigenvalue weighted by atomic mass is 16.5. The van der Waals surface area contributed by atoms with E-state index >= 15 is 0 Å². The summed E-state index contributed by atoms with van der Waals surface area (Å²) < 4.78 is 5.27. The van der Waals surface area contributed by atoms with Gasteiger partial charge in [-0.3, -0.25) is 4.79 Å². The molecule has 2 aromatic rings. The fourth-order valence-electron chi connectivity index (χ4n) is 2.55. The Balaban J connectivity index is 2.19. The Labute approximate surface area is 150 Å². The van der Waals surface area contributed by atoms with Crippen molar-refractivity contribution in [3.05, 3.63) is 65.7 Å². The summed E-state index contributed by atoms with van der Waals surface area (Å²) in [6.45, 7) is 1.88. The van der Waals surface area contributed by atoms with E-state index in [0.717, 1.165) is 24.3 Å². The molecule has 0 saturated heterocycles. The molecule has 4 heteroatoms. The Bertz CT molecular complexity index is 738. The van der Waals surface area contributed by atoms with Gasteiger partial charge in [0.1, 0.15) is 5.75 Å². The van der Waals surface area contributed by atoms with Crippen molar-refractivity contribution in [2.75, 3.05) is 46.2 Å². The topological polar surface area (TPSA) is 32.8 Å². The maximum atomic E-state index is 12.5. The second-order valence-corrected chi connectivity index (χ2v) is 6.18. The first-order chi connectivity index (χ1) is 12.0. The molecule has 0 unspecified atom stereocenters. The predicted octanol–water partition coefficient (Wildman–Crippen LogP) is 3.59. The number of ketones is 1. The van der Waals surface area contributed by atoms with E-state index in [1.54, 1.807) is 25.3 Å². The van der Waals surface area contributed by atoms with Crippen LogP contribution in [0.2, 0.25) is 0 Å². The summed E-state index contributed by atoms with van der Waals surface area (Å²) in [5.74, 6) is 0.525. The molecule has 25 heavy (non-hydrogen) atoms. The fraction of sp³-hybridized carbons (Fsp3) is 0.286. The van der Waals surface area contributed by atoms with Crippen LogP contribution in [0.1, 0.15) is 15.9 Å². The van der Waals surface area contributed by atoms with E-state index in [0.29, 0.717) is 11.3 Å². The number of rotatable bonds is 8. The largest absolute Gasteiger partial charge is 0.496 e. The maximum Gasteiger partial charge on any atom is 0.189 e. The lowest BCUT2D eigenvalue weighted by molar-refractivity contribution is 0.104. The van der Waals surface area contributed by atoms with E-state index in [9.17, 15) is 4.79 Å². The van der Waals surface area contributed by atoms with E-state index < -0.39 is 0 Å². The molecule has 0 spiro atoms. The van der Waals surface area contributed by atoms with Crippen molar-refractivity contribution in [2.24, 2.45) is 0 Å². The lowest BCUT2D eigenvalue weighted by atomic mass is 10.1. The van der Waals surface area contributed by atoms with Crippen LogP contribution in [-0.4, -0.2) is 52.0 Å². The molecular formula is C21H26N2O2. The van der Waals surface area contributed by atoms with E-state index in [2.05, 4.69) is 37.0 Å². The van der Waals surface area contributed by atoms with E-state index in [-0.39, 0.29) is 5.78 Å². The zero-order valence-electron chi connectivity index (χ0n) is 15.4. The van der Waals surface area contributed by atoms with Gasteiger partial charge in [0.15, 0.2) is 5.78 Å². The fourth-order valence-corrected chi connectivity index (χ4v) is 2.55. The van der Waals surface area contributed by atoms with Crippen LogP contribution in [-0.2, 0) is 0 Å². The minimum Gasteiger partial charge on any atom is -0.496 e. The molecule has 0 aromatic heterocycles. The van der Waals surface area contributed by atoms with Gasteiger partial charge in [-0.25, -0.2) is 0 Å². The molecule has 132 valence electrons. The number of carbonyl (C=O) groups excluding carboxylic acids is 1. The summed E-state index contributed by atoms with van der Waals surface area (Å²) in [6, 6.07) is 15.4. The second kappa shape index (κ2) is 9.04. The molecule has 0 heterocycles. The number of benzene rings is 2. The highest BCUT2D eigenvalue weighted by Gasteiger charge is 2.09. The molecule has 0 amide bonds. The predicted molar refractivity (Wildman–Crippen MR) is 105 cm³/mol. The Kier molecular flexibility index (Phi) is 6.78. The lowest BCUT2D eigenvalue weighted by Crippen LogP contribution is -2.28. The molecule has 0 bridgehead atoms. The average molecular weight is 338 g/mol. The van der Waals surface area contributed by atoms with Crippen molar-refractivity contribution in [2.45, 2.75) is 0 Å². The third-order valence-corrected chi connectivity index (χ3v) is 4.02. The maximum absolute atomic E-state index is 12.5. The summed E-state index contributed by atoms with van der Waals surface area (Å²) in [6.07, 6.45) is 3.48. The van der Waals surface area contributed by atoms with Gasteiger partial charge in [-0.05, 0) is 50.0 Å². The normalized spacial score (nSPS) is 11.1. The number of hydrogen-bond acceptors (Lipinski definition) is 4. The van der Waals surface area contributed by atoms with Crippen LogP contribution in [0.4, 0.5) is 5.69 Å². The van der Waals surface area contributed by atoms with Crippen LogP contribution in [0.15, 0.2) is 54.6 Å². The van der Waals surface area contributed by atoms with Gasteiger partial charge in [-0.1, -0.05) is 30.3 Å². The third-order valence-electron chi connectivity index (χ3n) is 4.02. The molecule has 0 fully saturated rings. The van der Waals surface area contributed by atoms with Gasteiger partial charge >= 0.3 is 0 Å². The van der Waals surface area contributed by atoms with Gasteiger partial charge in [0.2, 0.25) is 0 Å². The first kappa shape index (κ1) is 18.7. The lowest BCUT2D eigenvalue weighted by Gasteiger charge is -2.23. The molecule has 0 saturated carbocycles.